The highest BCUT2D eigenvalue weighted by atomic mass is 35.5. The number of piperidine rings is 1. The predicted octanol–water partition coefficient (Wildman–Crippen LogP) is 2.69. The van der Waals surface area contributed by atoms with Gasteiger partial charge in [0.05, 0.1) is 23.0 Å². The summed E-state index contributed by atoms with van der Waals surface area (Å²) >= 11 is 6.21. The van der Waals surface area contributed by atoms with Crippen LogP contribution in [0, 0.1) is 13.8 Å². The number of nitrogens with two attached hydrogens (primary N) is 1. The van der Waals surface area contributed by atoms with Crippen LogP contribution in [-0.2, 0) is 0 Å². The molecule has 2 aliphatic heterocycles. The lowest BCUT2D eigenvalue weighted by molar-refractivity contribution is 0.0605. The van der Waals surface area contributed by atoms with Crippen LogP contribution < -0.4 is 10.6 Å². The Labute approximate surface area is 191 Å². The lowest BCUT2D eigenvalue weighted by Gasteiger charge is -2.34. The van der Waals surface area contributed by atoms with Crippen LogP contribution >= 0.6 is 11.6 Å². The van der Waals surface area contributed by atoms with Gasteiger partial charge in [-0.05, 0) is 45.6 Å². The number of halogens is 1. The molecule has 3 aromatic heterocycles. The molecule has 0 saturated carbocycles. The van der Waals surface area contributed by atoms with E-state index in [1.807, 2.05) is 28.6 Å². The third-order valence-electron chi connectivity index (χ3n) is 6.35. The van der Waals surface area contributed by atoms with Crippen LogP contribution in [0.15, 0.2) is 18.3 Å². The molecule has 2 aliphatic rings. The number of hydrogen-bond donors (Lipinski definition) is 1. The average molecular weight is 455 g/mol. The highest BCUT2D eigenvalue weighted by molar-refractivity contribution is 6.32. The number of aryl methyl sites for hydroxylation is 2. The molecule has 10 heteroatoms. The van der Waals surface area contributed by atoms with E-state index in [0.717, 1.165) is 61.5 Å². The number of anilines is 1. The van der Waals surface area contributed by atoms with Crippen LogP contribution in [0.5, 0.6) is 0 Å². The van der Waals surface area contributed by atoms with E-state index in [-0.39, 0.29) is 23.1 Å². The van der Waals surface area contributed by atoms with Gasteiger partial charge in [-0.1, -0.05) is 11.6 Å². The number of carbonyl (C=O) groups excluding carboxylic acids is 1. The highest BCUT2D eigenvalue weighted by Gasteiger charge is 2.32. The maximum Gasteiger partial charge on any atom is 0.257 e. The molecule has 0 aliphatic carbocycles. The van der Waals surface area contributed by atoms with Gasteiger partial charge in [0.2, 0.25) is 0 Å². The summed E-state index contributed by atoms with van der Waals surface area (Å²) in [6.45, 7) is 6.23. The van der Waals surface area contributed by atoms with Crippen molar-refractivity contribution in [2.45, 2.75) is 51.6 Å². The fraction of sp³-hybridized carbons (Fsp3) is 0.500. The lowest BCUT2D eigenvalue weighted by atomic mass is 9.98. The Balaban J connectivity index is 1.48. The molecule has 0 aromatic carbocycles. The molecule has 0 spiro atoms. The number of nitrogens with zero attached hydrogens (tertiary/aromatic N) is 7. The third-order valence-corrected chi connectivity index (χ3v) is 6.63. The lowest BCUT2D eigenvalue weighted by Crippen LogP contribution is -2.39. The van der Waals surface area contributed by atoms with Gasteiger partial charge in [0.15, 0.2) is 10.8 Å². The first-order valence-electron chi connectivity index (χ1n) is 11.1. The number of hydrogen-bond acceptors (Lipinski definition) is 7. The van der Waals surface area contributed by atoms with E-state index < -0.39 is 0 Å². The first-order valence-corrected chi connectivity index (χ1v) is 11.5. The van der Waals surface area contributed by atoms with Crippen LogP contribution in [0.4, 0.5) is 5.82 Å². The van der Waals surface area contributed by atoms with Crippen molar-refractivity contribution in [3.63, 3.8) is 0 Å². The fourth-order valence-electron chi connectivity index (χ4n) is 4.74. The quantitative estimate of drug-likeness (QED) is 0.648. The molecule has 2 saturated heterocycles. The maximum absolute atomic E-state index is 13.4. The minimum atomic E-state index is -0.134. The Morgan fingerprint density at radius 2 is 2.00 bits per heavy atom. The molecule has 2 fully saturated rings. The van der Waals surface area contributed by atoms with Crippen LogP contribution in [-0.4, -0.2) is 61.3 Å². The van der Waals surface area contributed by atoms with Gasteiger partial charge in [0, 0.05) is 43.5 Å². The summed E-state index contributed by atoms with van der Waals surface area (Å²) in [5.74, 6) is 0.823. The monoisotopic (exact) mass is 454 g/mol. The summed E-state index contributed by atoms with van der Waals surface area (Å²) in [5, 5.41) is 12.8. The highest BCUT2D eigenvalue weighted by Crippen LogP contribution is 2.33. The van der Waals surface area contributed by atoms with Gasteiger partial charge in [-0.2, -0.15) is 10.2 Å². The molecular weight excluding hydrogens is 428 g/mol. The number of amides is 1. The van der Waals surface area contributed by atoms with Gasteiger partial charge >= 0.3 is 0 Å². The number of carbonyl (C=O) groups is 1. The number of likely N-dealkylation sites (tertiary alicyclic amines) is 1. The zero-order chi connectivity index (χ0) is 22.4. The first-order chi connectivity index (χ1) is 15.4. The Kier molecular flexibility index (Phi) is 5.46. The fourth-order valence-corrected chi connectivity index (χ4v) is 4.92. The Morgan fingerprint density at radius 3 is 2.78 bits per heavy atom. The molecule has 1 amide bonds. The standard InChI is InChI=1S/C22H27ClN8O/c1-13-11-31-19(25-21(13)29-8-6-15(24)12-29)10-17(28-31)18-5-3-4-7-30(18)22(32)16-9-14(2)26-27-20(16)23/h9-11,15,18H,3-8,12,24H2,1-2H3/t15-,18-/m0/s1. The summed E-state index contributed by atoms with van der Waals surface area (Å²) in [7, 11) is 0. The van der Waals surface area contributed by atoms with Crippen LogP contribution in [0.1, 0.15) is 59.0 Å². The molecule has 168 valence electrons. The second-order valence-electron chi connectivity index (χ2n) is 8.81. The zero-order valence-corrected chi connectivity index (χ0v) is 19.1. The minimum absolute atomic E-state index is 0.130. The van der Waals surface area contributed by atoms with Crippen LogP contribution in [0.3, 0.4) is 0 Å². The molecule has 2 atom stereocenters. The van der Waals surface area contributed by atoms with Crippen molar-refractivity contribution in [1.29, 1.82) is 0 Å². The van der Waals surface area contributed by atoms with Crippen molar-refractivity contribution in [1.82, 2.24) is 29.7 Å². The van der Waals surface area contributed by atoms with E-state index in [1.165, 1.54) is 0 Å². The predicted molar refractivity (Wildman–Crippen MR) is 122 cm³/mol. The van der Waals surface area contributed by atoms with Crippen LogP contribution in [0.25, 0.3) is 5.65 Å². The van der Waals surface area contributed by atoms with Gasteiger partial charge in [0.1, 0.15) is 5.82 Å². The molecular formula is C22H27ClN8O. The van der Waals surface area contributed by atoms with Crippen molar-refractivity contribution in [3.8, 4) is 0 Å². The van der Waals surface area contributed by atoms with Gasteiger partial charge in [0.25, 0.3) is 5.91 Å². The minimum Gasteiger partial charge on any atom is -0.355 e. The SMILES string of the molecule is Cc1cc(C(=O)N2CCCC[C@H]2c2cc3nc(N4CC[C@H](N)C4)c(C)cn3n2)c(Cl)nn1. The first kappa shape index (κ1) is 21.1. The molecule has 2 N–H and O–H groups in total. The Morgan fingerprint density at radius 1 is 1.16 bits per heavy atom. The van der Waals surface area contributed by atoms with E-state index in [4.69, 9.17) is 27.4 Å². The normalized spacial score (nSPS) is 21.5. The molecule has 9 nitrogen and oxygen atoms in total. The molecule has 0 radical (unpaired) electrons. The molecule has 3 aromatic rings. The van der Waals surface area contributed by atoms with Crippen molar-refractivity contribution in [2.75, 3.05) is 24.5 Å². The van der Waals surface area contributed by atoms with Crippen molar-refractivity contribution in [3.05, 3.63) is 46.0 Å². The van der Waals surface area contributed by atoms with Gasteiger partial charge in [-0.3, -0.25) is 4.79 Å². The van der Waals surface area contributed by atoms with Crippen molar-refractivity contribution >= 4 is 29.0 Å². The summed E-state index contributed by atoms with van der Waals surface area (Å²) < 4.78 is 1.81. The molecule has 5 heterocycles. The Hall–Kier alpha value is -2.78. The second kappa shape index (κ2) is 8.29. The van der Waals surface area contributed by atoms with Gasteiger partial charge < -0.3 is 15.5 Å². The van der Waals surface area contributed by atoms with Gasteiger partial charge in [-0.15, -0.1) is 5.10 Å². The maximum atomic E-state index is 13.4. The average Bonchev–Trinajstić information content (AvgIpc) is 3.40. The number of fused-ring (bicyclic) bond motifs is 1. The van der Waals surface area contributed by atoms with Gasteiger partial charge in [-0.25, -0.2) is 9.50 Å². The van der Waals surface area contributed by atoms with E-state index in [1.54, 1.807) is 13.0 Å². The molecule has 0 bridgehead atoms. The van der Waals surface area contributed by atoms with E-state index >= 15 is 0 Å². The summed E-state index contributed by atoms with van der Waals surface area (Å²) in [4.78, 5) is 22.4. The summed E-state index contributed by atoms with van der Waals surface area (Å²) in [6, 6.07) is 3.75. The molecule has 32 heavy (non-hydrogen) atoms. The Bertz CT molecular complexity index is 1180. The van der Waals surface area contributed by atoms with Crippen molar-refractivity contribution in [2.24, 2.45) is 5.73 Å². The van der Waals surface area contributed by atoms with E-state index in [0.29, 0.717) is 17.8 Å². The molecule has 5 rings (SSSR count). The van der Waals surface area contributed by atoms with Crippen molar-refractivity contribution < 1.29 is 4.79 Å². The largest absolute Gasteiger partial charge is 0.355 e. The van der Waals surface area contributed by atoms with Crippen LogP contribution in [0.2, 0.25) is 5.15 Å². The topological polar surface area (TPSA) is 106 Å². The zero-order valence-electron chi connectivity index (χ0n) is 18.3. The second-order valence-corrected chi connectivity index (χ2v) is 9.17. The third kappa shape index (κ3) is 3.80. The van der Waals surface area contributed by atoms with E-state index in [9.17, 15) is 4.79 Å². The number of rotatable bonds is 3. The molecule has 0 unspecified atom stereocenters. The smallest absolute Gasteiger partial charge is 0.257 e. The summed E-state index contributed by atoms with van der Waals surface area (Å²) in [5.41, 5.74) is 9.82. The summed E-state index contributed by atoms with van der Waals surface area (Å²) in [6.07, 6.45) is 5.81. The number of aromatic nitrogens is 5. The van der Waals surface area contributed by atoms with E-state index in [2.05, 4.69) is 15.1 Å².